The SMILES string of the molecule is FC1=CCN=C1. The molecule has 0 bridgehead atoms. The molecule has 0 amide bonds. The second-order valence-corrected chi connectivity index (χ2v) is 1.08. The van der Waals surface area contributed by atoms with E-state index in [0.29, 0.717) is 6.54 Å². The summed E-state index contributed by atoms with van der Waals surface area (Å²) in [7, 11) is 0. The van der Waals surface area contributed by atoms with Gasteiger partial charge in [-0.15, -0.1) is 0 Å². The molecule has 0 spiro atoms. The van der Waals surface area contributed by atoms with Crippen molar-refractivity contribution in [1.82, 2.24) is 0 Å². The third kappa shape index (κ3) is 0.455. The van der Waals surface area contributed by atoms with E-state index in [4.69, 9.17) is 0 Å². The first-order valence-corrected chi connectivity index (χ1v) is 1.75. The Labute approximate surface area is 35.2 Å². The fourth-order valence-corrected chi connectivity index (χ4v) is 0.333. The molecule has 1 nitrogen and oxygen atoms in total. The van der Waals surface area contributed by atoms with Gasteiger partial charge in [-0.05, 0) is 6.08 Å². The molecule has 6 heavy (non-hydrogen) atoms. The van der Waals surface area contributed by atoms with Crippen molar-refractivity contribution in [3.63, 3.8) is 0 Å². The molecule has 1 aliphatic heterocycles. The maximum absolute atomic E-state index is 11.6. The number of rotatable bonds is 0. The number of nitrogens with zero attached hydrogens (tertiary/aromatic N) is 1. The van der Waals surface area contributed by atoms with E-state index in [1.807, 2.05) is 0 Å². The summed E-state index contributed by atoms with van der Waals surface area (Å²) in [5, 5.41) is 0. The summed E-state index contributed by atoms with van der Waals surface area (Å²) in [6.45, 7) is 0.520. The Morgan fingerprint density at radius 3 is 2.83 bits per heavy atom. The van der Waals surface area contributed by atoms with Gasteiger partial charge < -0.3 is 0 Å². The summed E-state index contributed by atoms with van der Waals surface area (Å²) in [6, 6.07) is 0. The lowest BCUT2D eigenvalue weighted by Gasteiger charge is -1.64. The zero-order chi connectivity index (χ0) is 4.41. The van der Waals surface area contributed by atoms with Gasteiger partial charge in [0, 0.05) is 0 Å². The fraction of sp³-hybridized carbons (Fsp3) is 0.250. The Bertz CT molecular complexity index is 101. The Kier molecular flexibility index (Phi) is 0.708. The first-order valence-electron chi connectivity index (χ1n) is 1.75. The lowest BCUT2D eigenvalue weighted by molar-refractivity contribution is 0.688. The van der Waals surface area contributed by atoms with E-state index in [1.54, 1.807) is 0 Å². The highest BCUT2D eigenvalue weighted by molar-refractivity contribution is 5.77. The van der Waals surface area contributed by atoms with E-state index < -0.39 is 0 Å². The van der Waals surface area contributed by atoms with Crippen LogP contribution in [0.5, 0.6) is 0 Å². The van der Waals surface area contributed by atoms with Crippen molar-refractivity contribution in [2.75, 3.05) is 6.54 Å². The molecule has 0 atom stereocenters. The van der Waals surface area contributed by atoms with Crippen LogP contribution in [0.1, 0.15) is 0 Å². The summed E-state index contributed by atoms with van der Waals surface area (Å²) in [4.78, 5) is 3.57. The summed E-state index contributed by atoms with van der Waals surface area (Å²) < 4.78 is 11.6. The average Bonchev–Trinajstić information content (AvgIpc) is 1.86. The van der Waals surface area contributed by atoms with Gasteiger partial charge in [-0.1, -0.05) is 0 Å². The molecule has 0 aromatic carbocycles. The van der Waals surface area contributed by atoms with Crippen molar-refractivity contribution < 1.29 is 4.39 Å². The highest BCUT2D eigenvalue weighted by Gasteiger charge is 1.90. The summed E-state index contributed by atoms with van der Waals surface area (Å²) >= 11 is 0. The number of aliphatic imine (C=N–C) groups is 1. The van der Waals surface area contributed by atoms with Crippen LogP contribution in [0.15, 0.2) is 16.9 Å². The van der Waals surface area contributed by atoms with E-state index >= 15 is 0 Å². The third-order valence-corrected chi connectivity index (χ3v) is 0.606. The Balaban J connectivity index is 2.68. The van der Waals surface area contributed by atoms with Gasteiger partial charge in [0.2, 0.25) is 0 Å². The van der Waals surface area contributed by atoms with Crippen molar-refractivity contribution in [1.29, 1.82) is 0 Å². The van der Waals surface area contributed by atoms with Crippen LogP contribution in [-0.4, -0.2) is 12.8 Å². The van der Waals surface area contributed by atoms with Gasteiger partial charge in [0.15, 0.2) is 0 Å². The Morgan fingerprint density at radius 2 is 2.67 bits per heavy atom. The van der Waals surface area contributed by atoms with Crippen LogP contribution in [0.2, 0.25) is 0 Å². The number of hydrogen-bond donors (Lipinski definition) is 0. The van der Waals surface area contributed by atoms with Crippen LogP contribution in [-0.2, 0) is 0 Å². The maximum atomic E-state index is 11.6. The lowest BCUT2D eigenvalue weighted by atomic mass is 10.6. The molecule has 0 saturated heterocycles. The van der Waals surface area contributed by atoms with Crippen LogP contribution >= 0.6 is 0 Å². The van der Waals surface area contributed by atoms with Crippen molar-refractivity contribution in [3.8, 4) is 0 Å². The van der Waals surface area contributed by atoms with Gasteiger partial charge in [0.1, 0.15) is 5.83 Å². The normalized spacial score (nSPS) is 18.5. The molecule has 0 unspecified atom stereocenters. The molecule has 0 fully saturated rings. The van der Waals surface area contributed by atoms with Crippen LogP contribution < -0.4 is 0 Å². The topological polar surface area (TPSA) is 12.4 Å². The van der Waals surface area contributed by atoms with E-state index in [2.05, 4.69) is 4.99 Å². The van der Waals surface area contributed by atoms with E-state index in [9.17, 15) is 4.39 Å². The van der Waals surface area contributed by atoms with Crippen molar-refractivity contribution in [2.24, 2.45) is 4.99 Å². The minimum absolute atomic E-state index is 0.213. The molecule has 0 N–H and O–H groups in total. The second kappa shape index (κ2) is 1.20. The second-order valence-electron chi connectivity index (χ2n) is 1.08. The first-order chi connectivity index (χ1) is 2.89. The van der Waals surface area contributed by atoms with Gasteiger partial charge in [0.05, 0.1) is 12.8 Å². The highest BCUT2D eigenvalue weighted by Crippen LogP contribution is 1.96. The van der Waals surface area contributed by atoms with Gasteiger partial charge >= 0.3 is 0 Å². The lowest BCUT2D eigenvalue weighted by Crippen LogP contribution is -1.59. The van der Waals surface area contributed by atoms with Gasteiger partial charge in [0.25, 0.3) is 0 Å². The molecular formula is C4H4FN. The Hall–Kier alpha value is -0.660. The van der Waals surface area contributed by atoms with Crippen LogP contribution in [0, 0.1) is 0 Å². The standard InChI is InChI=1S/C4H4FN/c5-4-1-2-6-3-4/h1,3H,2H2. The molecule has 1 heterocycles. The monoisotopic (exact) mass is 85.0 g/mol. The highest BCUT2D eigenvalue weighted by atomic mass is 19.1. The molecule has 1 rings (SSSR count). The molecule has 32 valence electrons. The zero-order valence-electron chi connectivity index (χ0n) is 3.19. The van der Waals surface area contributed by atoms with Gasteiger partial charge in [-0.2, -0.15) is 0 Å². The average molecular weight is 85.1 g/mol. The van der Waals surface area contributed by atoms with E-state index in [-0.39, 0.29) is 5.83 Å². The first kappa shape index (κ1) is 3.53. The van der Waals surface area contributed by atoms with Gasteiger partial charge in [-0.25, -0.2) is 4.39 Å². The van der Waals surface area contributed by atoms with Crippen LogP contribution in [0.3, 0.4) is 0 Å². The smallest absolute Gasteiger partial charge is 0.138 e. The minimum Gasteiger partial charge on any atom is -0.286 e. The molecule has 1 aliphatic rings. The zero-order valence-corrected chi connectivity index (χ0v) is 3.19. The third-order valence-electron chi connectivity index (χ3n) is 0.606. The molecule has 0 saturated carbocycles. The molecule has 0 aromatic rings. The molecular weight excluding hydrogens is 81.0 g/mol. The van der Waals surface area contributed by atoms with Crippen molar-refractivity contribution in [2.45, 2.75) is 0 Å². The Morgan fingerprint density at radius 1 is 1.83 bits per heavy atom. The number of hydrogen-bond acceptors (Lipinski definition) is 1. The largest absolute Gasteiger partial charge is 0.286 e. The molecule has 0 aliphatic carbocycles. The maximum Gasteiger partial charge on any atom is 0.138 e. The van der Waals surface area contributed by atoms with Crippen molar-refractivity contribution in [3.05, 3.63) is 11.9 Å². The molecule has 0 aromatic heterocycles. The fourth-order valence-electron chi connectivity index (χ4n) is 0.333. The molecule has 2 heteroatoms. The summed E-state index contributed by atoms with van der Waals surface area (Å²) in [5.41, 5.74) is 0. The number of halogens is 1. The predicted octanol–water partition coefficient (Wildman–Crippen LogP) is 0.924. The van der Waals surface area contributed by atoms with E-state index in [0.717, 1.165) is 0 Å². The van der Waals surface area contributed by atoms with Crippen molar-refractivity contribution >= 4 is 6.21 Å². The van der Waals surface area contributed by atoms with Crippen LogP contribution in [0.25, 0.3) is 0 Å². The molecule has 0 radical (unpaired) electrons. The predicted molar refractivity (Wildman–Crippen MR) is 22.5 cm³/mol. The van der Waals surface area contributed by atoms with Crippen LogP contribution in [0.4, 0.5) is 4.39 Å². The summed E-state index contributed by atoms with van der Waals surface area (Å²) in [5.74, 6) is -0.213. The van der Waals surface area contributed by atoms with E-state index in [1.165, 1.54) is 12.3 Å². The number of allylic oxidation sites excluding steroid dienone is 1. The van der Waals surface area contributed by atoms with Gasteiger partial charge in [-0.3, -0.25) is 4.99 Å². The summed E-state index contributed by atoms with van der Waals surface area (Å²) in [6.07, 6.45) is 2.65. The minimum atomic E-state index is -0.213. The quantitative estimate of drug-likeness (QED) is 0.415.